The first-order valence-corrected chi connectivity index (χ1v) is 9.30. The van der Waals surface area contributed by atoms with E-state index >= 15 is 0 Å². The van der Waals surface area contributed by atoms with E-state index in [-0.39, 0.29) is 11.9 Å². The summed E-state index contributed by atoms with van der Waals surface area (Å²) in [7, 11) is 0. The Hall–Kier alpha value is -2.33. The highest BCUT2D eigenvalue weighted by molar-refractivity contribution is 5.67. The van der Waals surface area contributed by atoms with Gasteiger partial charge in [0.05, 0.1) is 18.3 Å². The molecule has 4 heteroatoms. The molecular weight excluding hydrogens is 329 g/mol. The normalized spacial score (nSPS) is 23.2. The van der Waals surface area contributed by atoms with Gasteiger partial charge in [-0.25, -0.2) is 4.39 Å². The third-order valence-corrected chi connectivity index (χ3v) is 5.28. The van der Waals surface area contributed by atoms with Crippen LogP contribution in [0.4, 0.5) is 10.1 Å². The average molecular weight is 353 g/mol. The molecule has 1 heterocycles. The van der Waals surface area contributed by atoms with Crippen LogP contribution in [0.5, 0.6) is 5.75 Å². The molecule has 0 radical (unpaired) electrons. The SMILES string of the molecule is CCOCCOc1cccc2c1NC(c1ccc(F)cc1)C1CC=CC21. The summed E-state index contributed by atoms with van der Waals surface area (Å²) in [4.78, 5) is 0. The van der Waals surface area contributed by atoms with Gasteiger partial charge < -0.3 is 14.8 Å². The molecule has 3 nitrogen and oxygen atoms in total. The van der Waals surface area contributed by atoms with E-state index in [1.807, 2.05) is 25.1 Å². The molecule has 0 amide bonds. The van der Waals surface area contributed by atoms with Crippen molar-refractivity contribution in [1.29, 1.82) is 0 Å². The molecule has 26 heavy (non-hydrogen) atoms. The van der Waals surface area contributed by atoms with Gasteiger partial charge in [-0.05, 0) is 48.6 Å². The molecule has 3 unspecified atom stereocenters. The highest BCUT2D eigenvalue weighted by atomic mass is 19.1. The average Bonchev–Trinajstić information content (AvgIpc) is 3.15. The van der Waals surface area contributed by atoms with Crippen molar-refractivity contribution in [2.24, 2.45) is 5.92 Å². The van der Waals surface area contributed by atoms with E-state index in [0.29, 0.717) is 31.7 Å². The zero-order valence-electron chi connectivity index (χ0n) is 15.0. The highest BCUT2D eigenvalue weighted by Crippen LogP contribution is 2.52. The third kappa shape index (κ3) is 3.21. The zero-order valence-corrected chi connectivity index (χ0v) is 15.0. The molecule has 2 aliphatic rings. The van der Waals surface area contributed by atoms with Crippen LogP contribution in [0.25, 0.3) is 0 Å². The summed E-state index contributed by atoms with van der Waals surface area (Å²) in [5, 5.41) is 3.69. The number of rotatable bonds is 6. The number of halogens is 1. The fraction of sp³-hybridized carbons (Fsp3) is 0.364. The van der Waals surface area contributed by atoms with E-state index in [0.717, 1.165) is 23.4 Å². The Balaban J connectivity index is 1.64. The second kappa shape index (κ2) is 7.50. The summed E-state index contributed by atoms with van der Waals surface area (Å²) in [6.45, 7) is 3.77. The topological polar surface area (TPSA) is 30.5 Å². The Morgan fingerprint density at radius 2 is 1.96 bits per heavy atom. The monoisotopic (exact) mass is 353 g/mol. The van der Waals surface area contributed by atoms with Crippen molar-refractivity contribution in [3.05, 3.63) is 71.6 Å². The lowest BCUT2D eigenvalue weighted by Crippen LogP contribution is -2.29. The van der Waals surface area contributed by atoms with Gasteiger partial charge in [0.15, 0.2) is 0 Å². The van der Waals surface area contributed by atoms with Crippen LogP contribution in [-0.2, 0) is 4.74 Å². The molecule has 0 spiro atoms. The van der Waals surface area contributed by atoms with Crippen LogP contribution >= 0.6 is 0 Å². The fourth-order valence-corrected chi connectivity index (χ4v) is 4.07. The van der Waals surface area contributed by atoms with Crippen molar-refractivity contribution >= 4 is 5.69 Å². The molecule has 4 rings (SSSR count). The van der Waals surface area contributed by atoms with Crippen LogP contribution in [0.1, 0.15) is 36.4 Å². The summed E-state index contributed by atoms with van der Waals surface area (Å²) in [5.74, 6) is 1.45. The van der Waals surface area contributed by atoms with E-state index in [2.05, 4.69) is 29.6 Å². The largest absolute Gasteiger partial charge is 0.489 e. The van der Waals surface area contributed by atoms with Gasteiger partial charge in [0.1, 0.15) is 18.2 Å². The molecule has 0 saturated heterocycles. The molecule has 0 saturated carbocycles. The second-order valence-electron chi connectivity index (χ2n) is 6.79. The van der Waals surface area contributed by atoms with Gasteiger partial charge in [-0.15, -0.1) is 0 Å². The molecule has 0 bridgehead atoms. The Morgan fingerprint density at radius 3 is 2.77 bits per heavy atom. The molecule has 0 fully saturated rings. The summed E-state index contributed by atoms with van der Waals surface area (Å²) in [5.41, 5.74) is 3.43. The van der Waals surface area contributed by atoms with E-state index < -0.39 is 0 Å². The predicted molar refractivity (Wildman–Crippen MR) is 101 cm³/mol. The smallest absolute Gasteiger partial charge is 0.142 e. The van der Waals surface area contributed by atoms with Gasteiger partial charge in [-0.3, -0.25) is 0 Å². The van der Waals surface area contributed by atoms with Gasteiger partial charge in [0, 0.05) is 12.5 Å². The fourth-order valence-electron chi connectivity index (χ4n) is 4.07. The van der Waals surface area contributed by atoms with Gasteiger partial charge >= 0.3 is 0 Å². The summed E-state index contributed by atoms with van der Waals surface area (Å²) >= 11 is 0. The van der Waals surface area contributed by atoms with Crippen LogP contribution in [0.3, 0.4) is 0 Å². The lowest BCUT2D eigenvalue weighted by molar-refractivity contribution is 0.110. The second-order valence-corrected chi connectivity index (χ2v) is 6.79. The van der Waals surface area contributed by atoms with Crippen LogP contribution in [0, 0.1) is 11.7 Å². The Bertz CT molecular complexity index is 787. The molecule has 1 aliphatic carbocycles. The highest BCUT2D eigenvalue weighted by Gasteiger charge is 2.38. The van der Waals surface area contributed by atoms with Crippen LogP contribution in [0.15, 0.2) is 54.6 Å². The van der Waals surface area contributed by atoms with Gasteiger partial charge in [0.25, 0.3) is 0 Å². The Kier molecular flexibility index (Phi) is 4.93. The Labute approximate surface area is 153 Å². The van der Waals surface area contributed by atoms with Gasteiger partial charge in [-0.1, -0.05) is 36.4 Å². The quantitative estimate of drug-likeness (QED) is 0.581. The van der Waals surface area contributed by atoms with Crippen molar-refractivity contribution < 1.29 is 13.9 Å². The van der Waals surface area contributed by atoms with E-state index in [4.69, 9.17) is 9.47 Å². The van der Waals surface area contributed by atoms with Crippen molar-refractivity contribution in [1.82, 2.24) is 0 Å². The molecule has 0 aromatic heterocycles. The lowest BCUT2D eigenvalue weighted by Gasteiger charge is -2.38. The maximum atomic E-state index is 13.4. The lowest BCUT2D eigenvalue weighted by atomic mass is 9.77. The van der Waals surface area contributed by atoms with Crippen molar-refractivity contribution in [3.63, 3.8) is 0 Å². The Morgan fingerprint density at radius 1 is 1.12 bits per heavy atom. The molecule has 1 N–H and O–H groups in total. The number of nitrogens with one attached hydrogen (secondary N) is 1. The minimum atomic E-state index is -0.203. The van der Waals surface area contributed by atoms with Gasteiger partial charge in [-0.2, -0.15) is 0 Å². The number of benzene rings is 2. The standard InChI is InChI=1S/C22H24FNO2/c1-2-25-13-14-26-20-8-4-7-19-17-5-3-6-18(17)21(24-22(19)20)15-9-11-16(23)12-10-15/h3-5,7-12,17-18,21,24H,2,6,13-14H2,1H3. The maximum Gasteiger partial charge on any atom is 0.142 e. The maximum absolute atomic E-state index is 13.4. The number of hydrogen-bond acceptors (Lipinski definition) is 3. The number of ether oxygens (including phenoxy) is 2. The number of allylic oxidation sites excluding steroid dienone is 2. The summed E-state index contributed by atoms with van der Waals surface area (Å²) in [6.07, 6.45) is 5.57. The van der Waals surface area contributed by atoms with Crippen LogP contribution in [0.2, 0.25) is 0 Å². The number of anilines is 1. The van der Waals surface area contributed by atoms with Crippen LogP contribution in [-0.4, -0.2) is 19.8 Å². The van der Waals surface area contributed by atoms with Crippen molar-refractivity contribution in [3.8, 4) is 5.75 Å². The predicted octanol–water partition coefficient (Wildman–Crippen LogP) is 5.07. The van der Waals surface area contributed by atoms with E-state index in [1.54, 1.807) is 0 Å². The first-order chi connectivity index (χ1) is 12.8. The minimum absolute atomic E-state index is 0.139. The van der Waals surface area contributed by atoms with E-state index in [1.165, 1.54) is 17.7 Å². The minimum Gasteiger partial charge on any atom is -0.489 e. The molecule has 3 atom stereocenters. The number of hydrogen-bond donors (Lipinski definition) is 1. The van der Waals surface area contributed by atoms with Crippen molar-refractivity contribution in [2.75, 3.05) is 25.1 Å². The first kappa shape index (κ1) is 17.1. The molecule has 1 aliphatic heterocycles. The van der Waals surface area contributed by atoms with Crippen molar-refractivity contribution in [2.45, 2.75) is 25.3 Å². The molecule has 2 aromatic carbocycles. The molecule has 2 aromatic rings. The summed E-state index contributed by atoms with van der Waals surface area (Å²) < 4.78 is 24.7. The first-order valence-electron chi connectivity index (χ1n) is 9.30. The van der Waals surface area contributed by atoms with Crippen LogP contribution < -0.4 is 10.1 Å². The number of fused-ring (bicyclic) bond motifs is 3. The third-order valence-electron chi connectivity index (χ3n) is 5.28. The van der Waals surface area contributed by atoms with Gasteiger partial charge in [0.2, 0.25) is 0 Å². The zero-order chi connectivity index (χ0) is 17.9. The number of para-hydroxylation sites is 1. The summed E-state index contributed by atoms with van der Waals surface area (Å²) in [6, 6.07) is 13.2. The van der Waals surface area contributed by atoms with E-state index in [9.17, 15) is 4.39 Å². The molecular formula is C22H24FNO2. The molecule has 136 valence electrons.